The van der Waals surface area contributed by atoms with E-state index in [0.29, 0.717) is 33.2 Å². The zero-order valence-electron chi connectivity index (χ0n) is 64.3. The van der Waals surface area contributed by atoms with Gasteiger partial charge in [0, 0.05) is 88.2 Å². The Morgan fingerprint density at radius 1 is 0.333 bits per heavy atom. The van der Waals surface area contributed by atoms with E-state index >= 15 is 0 Å². The molecule has 2 saturated heterocycles. The summed E-state index contributed by atoms with van der Waals surface area (Å²) in [5, 5.41) is 0. The van der Waals surface area contributed by atoms with E-state index in [2.05, 4.69) is 39.3 Å². The van der Waals surface area contributed by atoms with Gasteiger partial charge in [0.2, 0.25) is 0 Å². The van der Waals surface area contributed by atoms with E-state index in [9.17, 15) is 19.2 Å². The molecule has 12 saturated carbocycles. The van der Waals surface area contributed by atoms with Gasteiger partial charge in [-0.1, -0.05) is 165 Å². The van der Waals surface area contributed by atoms with E-state index in [1.807, 2.05) is 11.4 Å². The van der Waals surface area contributed by atoms with Crippen molar-refractivity contribution in [1.29, 1.82) is 0 Å². The molecule has 14 fully saturated rings. The molecule has 4 N–H and O–H groups in total. The van der Waals surface area contributed by atoms with Crippen LogP contribution in [0.1, 0.15) is 308 Å². The fourth-order valence-electron chi connectivity index (χ4n) is 19.4. The molecule has 12 aliphatic carbocycles. The van der Waals surface area contributed by atoms with Crippen molar-refractivity contribution in [3.8, 4) is 0 Å². The van der Waals surface area contributed by atoms with Gasteiger partial charge in [-0.15, -0.1) is 13.2 Å². The third kappa shape index (κ3) is 23.2. The van der Waals surface area contributed by atoms with Gasteiger partial charge < -0.3 is 85.0 Å². The van der Waals surface area contributed by atoms with Crippen LogP contribution < -0.4 is 0 Å². The number of hydrogen-bond acceptors (Lipinski definition) is 20. The summed E-state index contributed by atoms with van der Waals surface area (Å²) in [4.78, 5) is 50.1. The van der Waals surface area contributed by atoms with Crippen LogP contribution in [0.15, 0.2) is 24.6 Å². The van der Waals surface area contributed by atoms with Gasteiger partial charge in [-0.25, -0.2) is 0 Å². The van der Waals surface area contributed by atoms with Crippen LogP contribution in [0.25, 0.3) is 0 Å². The molecule has 0 bridgehead atoms. The summed E-state index contributed by atoms with van der Waals surface area (Å²) in [6.07, 6.45) is 51.8. The van der Waals surface area contributed by atoms with E-state index in [0.717, 1.165) is 231 Å². The summed E-state index contributed by atoms with van der Waals surface area (Å²) in [5.41, 5.74) is 6.56. The fraction of sp³-hybridized carbons (Fsp3) is 0.941. The summed E-state index contributed by atoms with van der Waals surface area (Å²) >= 11 is 0. The van der Waals surface area contributed by atoms with E-state index in [1.165, 1.54) is 77.0 Å². The zero-order valence-corrected chi connectivity index (χ0v) is 81.8. The van der Waals surface area contributed by atoms with Gasteiger partial charge in [-0.3, -0.25) is 0 Å². The fourth-order valence-corrected chi connectivity index (χ4v) is 77.1. The van der Waals surface area contributed by atoms with E-state index < -0.39 is 145 Å². The second-order valence-corrected chi connectivity index (χ2v) is 75.8. The van der Waals surface area contributed by atoms with Gasteiger partial charge >= 0.3 is 129 Å². The molecule has 14 aliphatic rings. The number of hydrogen-bond donors (Lipinski definition) is 4. The van der Waals surface area contributed by atoms with E-state index in [1.54, 1.807) is 0 Å². The number of rotatable bonds is 30. The van der Waals surface area contributed by atoms with Crippen LogP contribution in [0.5, 0.6) is 0 Å². The van der Waals surface area contributed by atoms with Gasteiger partial charge in [0.1, 0.15) is 0 Å². The van der Waals surface area contributed by atoms with Crippen molar-refractivity contribution in [3.05, 3.63) is 24.6 Å². The van der Waals surface area contributed by atoms with Gasteiger partial charge in [-0.05, 0) is 180 Å². The summed E-state index contributed by atoms with van der Waals surface area (Å²) in [5.74, 6) is 0. The average molecular weight is 1770 g/mol. The molecule has 20 nitrogen and oxygen atoms in total. The molecular formula is C68H130O20Si16Ti. The maximum atomic E-state index is 13.3. The monoisotopic (exact) mass is 1760 g/mol. The Labute approximate surface area is 671 Å². The second kappa shape index (κ2) is 41.0. The standard InChI is InChI=1S/2C34H65O10Si8.Ti/c2*1-4-50(2,3)40-46(30-19-7-8-20-30)38-47(31-21-9-10-22-31)41-51(36,33-25-13-14-26-33)44-52(34-27-15-16-28-34)42-48(32-23-11-12-24-32)37-45(39-49(35)43-52)29-17-5-6-18-29;/h2*4,29-36H,1,5-28H2,2-3H3;. The smallest absolute Gasteiger partial charge is 0.432 e. The maximum absolute atomic E-state index is 13.3. The van der Waals surface area contributed by atoms with Crippen LogP contribution in [0.2, 0.25) is 92.7 Å². The molecule has 10 radical (unpaired) electrons. The first-order valence-electron chi connectivity index (χ1n) is 42.1. The molecular weight excluding hydrogens is 1630 g/mol. The van der Waals surface area contributed by atoms with Crippen molar-refractivity contribution in [1.82, 2.24) is 0 Å². The first-order chi connectivity index (χ1) is 50.3. The van der Waals surface area contributed by atoms with Crippen LogP contribution in [-0.4, -0.2) is 164 Å². The molecule has 105 heavy (non-hydrogen) atoms. The molecule has 2 aliphatic heterocycles. The topological polar surface area (TPSA) is 229 Å². The molecule has 4 unspecified atom stereocenters. The predicted octanol–water partition coefficient (Wildman–Crippen LogP) is 17.1. The maximum Gasteiger partial charge on any atom is 0.557 e. The summed E-state index contributed by atoms with van der Waals surface area (Å²) in [6, 6.07) is 0. The van der Waals surface area contributed by atoms with Gasteiger partial charge in [0.05, 0.1) is 0 Å². The molecule has 4 atom stereocenters. The SMILES string of the molecule is C=C[Si](C)(C)O[Si](O[Si](O[Si](O)(O[Si]1(C2CCCC2)O[Si](O)O[Si](C2CCCC2)O[Si](C2CCCC2)O1)C1CCCC1)C1CCCC1)C1CCCC1.C=C[Si](C)(C)O[Si](O[Si](O[Si](O)(O[Si]1(C2CCCC2)O[Si](O)O[Si](C2CCCC2)O[Si](C2CCCC2)O1)C1CCCC1)C1CCCC1)C1CCCC1.[Ti]. The third-order valence-electron chi connectivity index (χ3n) is 25.9. The Balaban J connectivity index is 0.000000195. The molecule has 0 aromatic carbocycles. The molecule has 2 heterocycles. The second-order valence-electron chi connectivity index (χ2n) is 34.6. The minimum absolute atomic E-state index is 0. The Bertz CT molecular complexity index is 2440. The van der Waals surface area contributed by atoms with E-state index in [4.69, 9.17) is 65.8 Å². The zero-order chi connectivity index (χ0) is 72.4. The largest absolute Gasteiger partial charge is 0.557 e. The van der Waals surface area contributed by atoms with E-state index in [-0.39, 0.29) is 55.0 Å². The van der Waals surface area contributed by atoms with Crippen LogP contribution in [0, 0.1) is 0 Å². The van der Waals surface area contributed by atoms with Crippen molar-refractivity contribution in [2.24, 2.45) is 0 Å². The first kappa shape index (κ1) is 87.2. The van der Waals surface area contributed by atoms with Crippen molar-refractivity contribution < 1.29 is 107 Å². The van der Waals surface area contributed by atoms with Crippen LogP contribution >= 0.6 is 0 Å². The van der Waals surface area contributed by atoms with Crippen LogP contribution in [-0.2, 0) is 87.6 Å². The van der Waals surface area contributed by atoms with Crippen LogP contribution in [0.3, 0.4) is 0 Å². The Morgan fingerprint density at radius 2 is 0.571 bits per heavy atom. The summed E-state index contributed by atoms with van der Waals surface area (Å²) < 4.78 is 114. The molecule has 0 aromatic heterocycles. The molecule has 37 heteroatoms. The molecule has 0 spiro atoms. The minimum atomic E-state index is -4.03. The van der Waals surface area contributed by atoms with Crippen molar-refractivity contribution >= 4 is 145 Å². The average Bonchev–Trinajstić information content (AvgIpc) is 1.75. The predicted molar refractivity (Wildman–Crippen MR) is 429 cm³/mol. The molecule has 590 valence electrons. The Hall–Kier alpha value is 2.86. The van der Waals surface area contributed by atoms with Gasteiger partial charge in [0.15, 0.2) is 16.6 Å². The summed E-state index contributed by atoms with van der Waals surface area (Å²) in [7, 11) is -40.1. The Morgan fingerprint density at radius 3 is 0.848 bits per heavy atom. The van der Waals surface area contributed by atoms with Crippen molar-refractivity contribution in [2.45, 2.75) is 401 Å². The molecule has 0 amide bonds. The normalized spacial score (nSPS) is 30.8. The Kier molecular flexibility index (Phi) is 34.1. The van der Waals surface area contributed by atoms with Crippen molar-refractivity contribution in [3.63, 3.8) is 0 Å². The molecule has 14 rings (SSSR count). The van der Waals surface area contributed by atoms with Gasteiger partial charge in [-0.2, -0.15) is 0 Å². The van der Waals surface area contributed by atoms with Crippen molar-refractivity contribution in [2.75, 3.05) is 0 Å². The first-order valence-corrected chi connectivity index (χ1v) is 69.0. The molecule has 0 aromatic rings. The van der Waals surface area contributed by atoms with Gasteiger partial charge in [0.25, 0.3) is 0 Å². The third-order valence-corrected chi connectivity index (χ3v) is 75.5. The quantitative estimate of drug-likeness (QED) is 0.0490. The van der Waals surface area contributed by atoms with Crippen LogP contribution in [0.4, 0.5) is 0 Å². The summed E-state index contributed by atoms with van der Waals surface area (Å²) in [6.45, 7) is 17.1. The minimum Gasteiger partial charge on any atom is -0.432 e.